The van der Waals surface area contributed by atoms with Gasteiger partial charge in [0.25, 0.3) is 0 Å². The summed E-state index contributed by atoms with van der Waals surface area (Å²) < 4.78 is 0. The van der Waals surface area contributed by atoms with E-state index in [0.717, 1.165) is 19.3 Å². The van der Waals surface area contributed by atoms with Gasteiger partial charge in [0.1, 0.15) is 0 Å². The zero-order valence-electron chi connectivity index (χ0n) is 6.59. The molecule has 0 radical (unpaired) electrons. The standard InChI is InChI=1S/C7H17NO/c1-4-6-7(5-2)8(3)9/h7,9H,4-6H2,1-3H3. The quantitative estimate of drug-likeness (QED) is 0.589. The molecule has 0 aliphatic carbocycles. The first-order valence-corrected chi connectivity index (χ1v) is 3.64. The van der Waals surface area contributed by atoms with Crippen molar-refractivity contribution in [1.29, 1.82) is 0 Å². The van der Waals surface area contributed by atoms with Gasteiger partial charge in [-0.3, -0.25) is 0 Å². The molecule has 56 valence electrons. The Morgan fingerprint density at radius 3 is 2.11 bits per heavy atom. The molecule has 1 atom stereocenters. The lowest BCUT2D eigenvalue weighted by molar-refractivity contribution is -0.105. The van der Waals surface area contributed by atoms with Crippen LogP contribution < -0.4 is 0 Å². The third-order valence-corrected chi connectivity index (χ3v) is 1.62. The zero-order valence-corrected chi connectivity index (χ0v) is 6.59. The Bertz CT molecular complexity index is 63.9. The highest BCUT2D eigenvalue weighted by Gasteiger charge is 2.07. The fraction of sp³-hybridized carbons (Fsp3) is 1.00. The van der Waals surface area contributed by atoms with E-state index in [2.05, 4.69) is 13.8 Å². The zero-order chi connectivity index (χ0) is 7.28. The van der Waals surface area contributed by atoms with Crippen molar-refractivity contribution < 1.29 is 5.21 Å². The Labute approximate surface area is 57.4 Å². The molecule has 0 aromatic rings. The molecule has 0 saturated carbocycles. The van der Waals surface area contributed by atoms with E-state index in [1.54, 1.807) is 7.05 Å². The summed E-state index contributed by atoms with van der Waals surface area (Å²) in [7, 11) is 1.71. The Kier molecular flexibility index (Phi) is 4.72. The highest BCUT2D eigenvalue weighted by atomic mass is 16.5. The van der Waals surface area contributed by atoms with Crippen molar-refractivity contribution in [2.75, 3.05) is 7.05 Å². The van der Waals surface area contributed by atoms with Crippen molar-refractivity contribution in [3.8, 4) is 0 Å². The van der Waals surface area contributed by atoms with Crippen LogP contribution in [0.1, 0.15) is 33.1 Å². The van der Waals surface area contributed by atoms with Crippen LogP contribution in [0.2, 0.25) is 0 Å². The fourth-order valence-electron chi connectivity index (χ4n) is 0.988. The Morgan fingerprint density at radius 2 is 2.00 bits per heavy atom. The monoisotopic (exact) mass is 131 g/mol. The van der Waals surface area contributed by atoms with Gasteiger partial charge in [-0.2, -0.15) is 5.06 Å². The average molecular weight is 131 g/mol. The minimum atomic E-state index is 0.356. The van der Waals surface area contributed by atoms with Crippen molar-refractivity contribution in [2.24, 2.45) is 0 Å². The molecule has 1 N–H and O–H groups in total. The summed E-state index contributed by atoms with van der Waals surface area (Å²) in [4.78, 5) is 0. The molecular weight excluding hydrogens is 114 g/mol. The summed E-state index contributed by atoms with van der Waals surface area (Å²) in [6.07, 6.45) is 3.26. The first kappa shape index (κ1) is 8.92. The highest BCUT2D eigenvalue weighted by Crippen LogP contribution is 2.05. The van der Waals surface area contributed by atoms with E-state index in [-0.39, 0.29) is 0 Å². The second-order valence-corrected chi connectivity index (χ2v) is 2.42. The summed E-state index contributed by atoms with van der Waals surface area (Å²) >= 11 is 0. The Hall–Kier alpha value is -0.0800. The van der Waals surface area contributed by atoms with E-state index in [4.69, 9.17) is 5.21 Å². The minimum absolute atomic E-state index is 0.356. The van der Waals surface area contributed by atoms with Gasteiger partial charge in [0.2, 0.25) is 0 Å². The van der Waals surface area contributed by atoms with Crippen molar-refractivity contribution in [2.45, 2.75) is 39.2 Å². The molecular formula is C7H17NO. The van der Waals surface area contributed by atoms with Gasteiger partial charge in [-0.25, -0.2) is 0 Å². The molecule has 2 heteroatoms. The average Bonchev–Trinajstić information content (AvgIpc) is 1.82. The molecule has 1 unspecified atom stereocenters. The normalized spacial score (nSPS) is 14.3. The Balaban J connectivity index is 3.41. The minimum Gasteiger partial charge on any atom is -0.314 e. The lowest BCUT2D eigenvalue weighted by atomic mass is 10.1. The predicted molar refractivity (Wildman–Crippen MR) is 38.5 cm³/mol. The van der Waals surface area contributed by atoms with Gasteiger partial charge in [-0.05, 0) is 12.8 Å². The van der Waals surface area contributed by atoms with Crippen molar-refractivity contribution in [3.05, 3.63) is 0 Å². The van der Waals surface area contributed by atoms with Crippen LogP contribution in [-0.2, 0) is 0 Å². The van der Waals surface area contributed by atoms with E-state index in [9.17, 15) is 0 Å². The van der Waals surface area contributed by atoms with Gasteiger partial charge < -0.3 is 5.21 Å². The van der Waals surface area contributed by atoms with E-state index >= 15 is 0 Å². The number of hydrogen-bond acceptors (Lipinski definition) is 2. The van der Waals surface area contributed by atoms with Crippen LogP contribution in [0.15, 0.2) is 0 Å². The number of hydrogen-bond donors (Lipinski definition) is 1. The van der Waals surface area contributed by atoms with E-state index < -0.39 is 0 Å². The topological polar surface area (TPSA) is 23.5 Å². The van der Waals surface area contributed by atoms with Gasteiger partial charge in [0.15, 0.2) is 0 Å². The van der Waals surface area contributed by atoms with Crippen molar-refractivity contribution in [1.82, 2.24) is 5.06 Å². The fourth-order valence-corrected chi connectivity index (χ4v) is 0.988. The number of rotatable bonds is 4. The van der Waals surface area contributed by atoms with Crippen LogP contribution in [0.3, 0.4) is 0 Å². The van der Waals surface area contributed by atoms with E-state index in [1.807, 2.05) is 0 Å². The maximum Gasteiger partial charge on any atom is 0.0344 e. The summed E-state index contributed by atoms with van der Waals surface area (Å²) in [6.45, 7) is 4.22. The molecule has 0 amide bonds. The van der Waals surface area contributed by atoms with Crippen LogP contribution in [0.4, 0.5) is 0 Å². The number of nitrogens with zero attached hydrogens (tertiary/aromatic N) is 1. The highest BCUT2D eigenvalue weighted by molar-refractivity contribution is 4.58. The van der Waals surface area contributed by atoms with Gasteiger partial charge in [0, 0.05) is 13.1 Å². The molecule has 9 heavy (non-hydrogen) atoms. The maximum atomic E-state index is 8.98. The van der Waals surface area contributed by atoms with Crippen LogP contribution in [0.25, 0.3) is 0 Å². The van der Waals surface area contributed by atoms with E-state index in [0.29, 0.717) is 6.04 Å². The molecule has 0 heterocycles. The first-order chi connectivity index (χ1) is 4.22. The van der Waals surface area contributed by atoms with Crippen molar-refractivity contribution in [3.63, 3.8) is 0 Å². The summed E-state index contributed by atoms with van der Waals surface area (Å²) in [6, 6.07) is 0.356. The van der Waals surface area contributed by atoms with Crippen LogP contribution in [-0.4, -0.2) is 23.4 Å². The molecule has 0 fully saturated rings. The van der Waals surface area contributed by atoms with Gasteiger partial charge in [-0.15, -0.1) is 0 Å². The summed E-state index contributed by atoms with van der Waals surface area (Å²) in [5, 5.41) is 10.3. The predicted octanol–water partition coefficient (Wildman–Crippen LogP) is 1.89. The molecule has 0 aliphatic heterocycles. The summed E-state index contributed by atoms with van der Waals surface area (Å²) in [5.74, 6) is 0. The Morgan fingerprint density at radius 1 is 1.44 bits per heavy atom. The van der Waals surface area contributed by atoms with Crippen LogP contribution in [0, 0.1) is 0 Å². The van der Waals surface area contributed by atoms with Gasteiger partial charge in [-0.1, -0.05) is 20.3 Å². The lowest BCUT2D eigenvalue weighted by Gasteiger charge is -2.19. The lowest BCUT2D eigenvalue weighted by Crippen LogP contribution is -2.27. The maximum absolute atomic E-state index is 8.98. The molecule has 0 aliphatic rings. The summed E-state index contributed by atoms with van der Waals surface area (Å²) in [5.41, 5.74) is 0. The molecule has 0 aromatic carbocycles. The largest absolute Gasteiger partial charge is 0.314 e. The molecule has 0 saturated heterocycles. The smallest absolute Gasteiger partial charge is 0.0344 e. The van der Waals surface area contributed by atoms with Crippen molar-refractivity contribution >= 4 is 0 Å². The molecule has 0 bridgehead atoms. The van der Waals surface area contributed by atoms with Gasteiger partial charge >= 0.3 is 0 Å². The molecule has 0 spiro atoms. The van der Waals surface area contributed by atoms with Crippen LogP contribution in [0.5, 0.6) is 0 Å². The number of hydroxylamine groups is 2. The molecule has 2 nitrogen and oxygen atoms in total. The second-order valence-electron chi connectivity index (χ2n) is 2.42. The third-order valence-electron chi connectivity index (χ3n) is 1.62. The second kappa shape index (κ2) is 4.77. The molecule has 0 aromatic heterocycles. The van der Waals surface area contributed by atoms with Gasteiger partial charge in [0.05, 0.1) is 0 Å². The SMILES string of the molecule is CCCC(CC)N(C)O. The van der Waals surface area contributed by atoms with Crippen LogP contribution >= 0.6 is 0 Å². The first-order valence-electron chi connectivity index (χ1n) is 3.64. The van der Waals surface area contributed by atoms with E-state index in [1.165, 1.54) is 5.06 Å². The molecule has 0 rings (SSSR count). The third kappa shape index (κ3) is 3.49.